The second-order valence-electron chi connectivity index (χ2n) is 5.36. The number of amides is 2. The first kappa shape index (κ1) is 19.9. The van der Waals surface area contributed by atoms with Gasteiger partial charge in [-0.25, -0.2) is 0 Å². The van der Waals surface area contributed by atoms with E-state index in [2.05, 4.69) is 26.2 Å². The number of pyridine rings is 1. The van der Waals surface area contributed by atoms with Gasteiger partial charge >= 0.3 is 12.1 Å². The van der Waals surface area contributed by atoms with Gasteiger partial charge in [-0.15, -0.1) is 0 Å². The van der Waals surface area contributed by atoms with E-state index in [9.17, 15) is 22.8 Å². The highest BCUT2D eigenvalue weighted by molar-refractivity contribution is 9.10. The topological polar surface area (TPSA) is 62.3 Å². The maximum atomic E-state index is 12.6. The fraction of sp³-hybridized carbons (Fsp3) is 0.235. The van der Waals surface area contributed by atoms with Gasteiger partial charge in [0.05, 0.1) is 5.56 Å². The van der Waals surface area contributed by atoms with Gasteiger partial charge in [-0.3, -0.25) is 14.6 Å². The third kappa shape index (κ3) is 5.29. The van der Waals surface area contributed by atoms with Crippen LogP contribution in [0.25, 0.3) is 0 Å². The lowest BCUT2D eigenvalue weighted by atomic mass is 10.1. The molecular formula is C17H15BrF3N3O2. The van der Waals surface area contributed by atoms with Gasteiger partial charge in [0.2, 0.25) is 0 Å². The minimum absolute atomic E-state index is 0.0847. The lowest BCUT2D eigenvalue weighted by Gasteiger charge is -2.22. The Bertz CT molecular complexity index is 812. The van der Waals surface area contributed by atoms with Gasteiger partial charge in [-0.05, 0) is 46.6 Å². The minimum Gasteiger partial charge on any atom is -0.331 e. The molecule has 1 aromatic heterocycles. The van der Waals surface area contributed by atoms with Crippen molar-refractivity contribution in [2.24, 2.45) is 0 Å². The quantitative estimate of drug-likeness (QED) is 0.780. The van der Waals surface area contributed by atoms with Gasteiger partial charge in [0.1, 0.15) is 0 Å². The van der Waals surface area contributed by atoms with Gasteiger partial charge in [0.25, 0.3) is 5.91 Å². The third-order valence-corrected chi connectivity index (χ3v) is 3.87. The van der Waals surface area contributed by atoms with E-state index in [4.69, 9.17) is 0 Å². The van der Waals surface area contributed by atoms with Crippen LogP contribution in [-0.2, 0) is 11.3 Å². The van der Waals surface area contributed by atoms with Crippen molar-refractivity contribution in [3.8, 4) is 0 Å². The molecule has 0 saturated heterocycles. The number of benzene rings is 1. The molecule has 2 rings (SSSR count). The highest BCUT2D eigenvalue weighted by atomic mass is 79.9. The molecule has 0 atom stereocenters. The Hall–Kier alpha value is -2.42. The number of anilines is 1. The van der Waals surface area contributed by atoms with Crippen molar-refractivity contribution in [1.82, 2.24) is 9.88 Å². The smallest absolute Gasteiger partial charge is 0.331 e. The third-order valence-electron chi connectivity index (χ3n) is 3.44. The molecule has 1 aromatic carbocycles. The van der Waals surface area contributed by atoms with E-state index < -0.39 is 18.0 Å². The van der Waals surface area contributed by atoms with E-state index in [-0.39, 0.29) is 13.1 Å². The first-order chi connectivity index (χ1) is 12.2. The average Bonchev–Trinajstić information content (AvgIpc) is 2.58. The van der Waals surface area contributed by atoms with Crippen LogP contribution in [-0.4, -0.2) is 34.4 Å². The zero-order chi connectivity index (χ0) is 19.3. The zero-order valence-corrected chi connectivity index (χ0v) is 15.3. The van der Waals surface area contributed by atoms with Crippen LogP contribution in [0.15, 0.2) is 47.2 Å². The Balaban J connectivity index is 2.12. The molecular weight excluding hydrogens is 415 g/mol. The summed E-state index contributed by atoms with van der Waals surface area (Å²) in [6, 6.07) is 7.90. The molecule has 0 saturated carbocycles. The Morgan fingerprint density at radius 1 is 1.23 bits per heavy atom. The Labute approximate surface area is 156 Å². The van der Waals surface area contributed by atoms with Crippen LogP contribution < -0.4 is 5.32 Å². The van der Waals surface area contributed by atoms with Crippen LogP contribution in [0.5, 0.6) is 0 Å². The number of aromatic nitrogens is 1. The highest BCUT2D eigenvalue weighted by Gasteiger charge is 2.41. The van der Waals surface area contributed by atoms with Crippen LogP contribution in [0.4, 0.5) is 18.9 Å². The summed E-state index contributed by atoms with van der Waals surface area (Å²) in [6.45, 7) is 1.17. The van der Waals surface area contributed by atoms with Crippen LogP contribution >= 0.6 is 15.9 Å². The molecule has 0 aliphatic heterocycles. The molecule has 0 aliphatic carbocycles. The van der Waals surface area contributed by atoms with Crippen LogP contribution in [0, 0.1) is 0 Å². The monoisotopic (exact) mass is 429 g/mol. The fourth-order valence-electron chi connectivity index (χ4n) is 2.21. The average molecular weight is 430 g/mol. The van der Waals surface area contributed by atoms with Crippen molar-refractivity contribution in [2.45, 2.75) is 19.6 Å². The molecule has 1 heterocycles. The summed E-state index contributed by atoms with van der Waals surface area (Å²) in [5, 5.41) is 2.65. The predicted molar refractivity (Wildman–Crippen MR) is 93.5 cm³/mol. The standard InChI is InChI=1S/C17H15BrF3N3O2/c1-2-24(16(26)17(19,20)21)10-11-4-3-5-14(6-11)23-15(25)12-7-13(18)9-22-8-12/h3-9H,2,10H2,1H3,(H,23,25). The molecule has 1 N–H and O–H groups in total. The minimum atomic E-state index is -4.92. The fourth-order valence-corrected chi connectivity index (χ4v) is 2.58. The molecule has 26 heavy (non-hydrogen) atoms. The van der Waals surface area contributed by atoms with E-state index >= 15 is 0 Å². The van der Waals surface area contributed by atoms with Crippen molar-refractivity contribution in [1.29, 1.82) is 0 Å². The van der Waals surface area contributed by atoms with Crippen molar-refractivity contribution in [3.63, 3.8) is 0 Å². The molecule has 9 heteroatoms. The number of carbonyl (C=O) groups is 2. The summed E-state index contributed by atoms with van der Waals surface area (Å²) in [6.07, 6.45) is -1.99. The molecule has 0 fully saturated rings. The summed E-state index contributed by atoms with van der Waals surface area (Å²) in [7, 11) is 0. The van der Waals surface area contributed by atoms with Gasteiger partial charge in [0, 0.05) is 35.6 Å². The molecule has 2 aromatic rings. The number of rotatable bonds is 5. The first-order valence-corrected chi connectivity index (χ1v) is 8.37. The highest BCUT2D eigenvalue weighted by Crippen LogP contribution is 2.21. The summed E-state index contributed by atoms with van der Waals surface area (Å²) in [4.78, 5) is 28.2. The number of halogens is 4. The van der Waals surface area contributed by atoms with Gasteiger partial charge in [-0.2, -0.15) is 13.2 Å². The molecule has 2 amide bonds. The van der Waals surface area contributed by atoms with Crippen LogP contribution in [0.2, 0.25) is 0 Å². The normalized spacial score (nSPS) is 11.1. The summed E-state index contributed by atoms with van der Waals surface area (Å²) in [5.41, 5.74) is 1.20. The molecule has 0 aliphatic rings. The van der Waals surface area contributed by atoms with Crippen molar-refractivity contribution in [3.05, 3.63) is 58.3 Å². The van der Waals surface area contributed by atoms with Gasteiger partial charge < -0.3 is 10.2 Å². The van der Waals surface area contributed by atoms with Crippen molar-refractivity contribution in [2.75, 3.05) is 11.9 Å². The van der Waals surface area contributed by atoms with E-state index in [1.54, 1.807) is 24.3 Å². The molecule has 5 nitrogen and oxygen atoms in total. The maximum absolute atomic E-state index is 12.6. The largest absolute Gasteiger partial charge is 0.471 e. The number of hydrogen-bond donors (Lipinski definition) is 1. The maximum Gasteiger partial charge on any atom is 0.471 e. The Kier molecular flexibility index (Phi) is 6.36. The van der Waals surface area contributed by atoms with Crippen LogP contribution in [0.1, 0.15) is 22.8 Å². The predicted octanol–water partition coefficient (Wildman–Crippen LogP) is 4.01. The SMILES string of the molecule is CCN(Cc1cccc(NC(=O)c2cncc(Br)c2)c1)C(=O)C(F)(F)F. The molecule has 138 valence electrons. The van der Waals surface area contributed by atoms with Gasteiger partial charge in [0.15, 0.2) is 0 Å². The number of nitrogens with zero attached hydrogens (tertiary/aromatic N) is 2. The number of hydrogen-bond acceptors (Lipinski definition) is 3. The van der Waals surface area contributed by atoms with Crippen molar-refractivity contribution < 1.29 is 22.8 Å². The summed E-state index contributed by atoms with van der Waals surface area (Å²) >= 11 is 3.22. The lowest BCUT2D eigenvalue weighted by Crippen LogP contribution is -2.40. The zero-order valence-electron chi connectivity index (χ0n) is 13.7. The summed E-state index contributed by atoms with van der Waals surface area (Å²) in [5.74, 6) is -2.30. The van der Waals surface area contributed by atoms with Crippen molar-refractivity contribution >= 4 is 33.4 Å². The Morgan fingerprint density at radius 2 is 1.96 bits per heavy atom. The first-order valence-electron chi connectivity index (χ1n) is 7.57. The molecule has 0 bridgehead atoms. The molecule has 0 unspecified atom stereocenters. The number of carbonyl (C=O) groups excluding carboxylic acids is 2. The lowest BCUT2D eigenvalue weighted by molar-refractivity contribution is -0.185. The molecule has 0 spiro atoms. The molecule has 0 radical (unpaired) electrons. The second kappa shape index (κ2) is 8.31. The van der Waals surface area contributed by atoms with Gasteiger partial charge in [-0.1, -0.05) is 12.1 Å². The van der Waals surface area contributed by atoms with E-state index in [1.165, 1.54) is 25.4 Å². The van der Waals surface area contributed by atoms with Crippen LogP contribution in [0.3, 0.4) is 0 Å². The second-order valence-corrected chi connectivity index (χ2v) is 6.28. The Morgan fingerprint density at radius 3 is 2.58 bits per heavy atom. The van der Waals surface area contributed by atoms with E-state index in [0.29, 0.717) is 26.2 Å². The number of alkyl halides is 3. The number of nitrogens with one attached hydrogen (secondary N) is 1. The van der Waals surface area contributed by atoms with E-state index in [1.807, 2.05) is 0 Å². The summed E-state index contributed by atoms with van der Waals surface area (Å²) < 4.78 is 38.4. The van der Waals surface area contributed by atoms with E-state index in [0.717, 1.165) is 0 Å².